The molecule has 5 N–H and O–H groups in total. The lowest BCUT2D eigenvalue weighted by molar-refractivity contribution is 0.147. The predicted octanol–water partition coefficient (Wildman–Crippen LogP) is -2.25. The lowest BCUT2D eigenvalue weighted by Gasteiger charge is -2.01. The number of ether oxygens (including phenoxy) is 1. The molecule has 0 spiro atoms. The Hall–Kier alpha value is -0.210. The average Bonchev–Trinajstić information content (AvgIpc) is 1.85. The largest absolute Gasteiger partial charge is 0.379 e. The third-order valence-electron chi connectivity index (χ3n) is 0.812. The fourth-order valence-electron chi connectivity index (χ4n) is 0.441. The summed E-state index contributed by atoms with van der Waals surface area (Å²) in [6.45, 7) is 1.31. The molecule has 0 heterocycles. The second kappa shape index (κ2) is 5.44. The maximum atomic E-state index is 10.3. The molecular weight excluding hydrogens is 170 g/mol. The fourth-order valence-corrected chi connectivity index (χ4v) is 0.809. The Morgan fingerprint density at radius 3 is 2.45 bits per heavy atom. The molecule has 7 heteroatoms. The highest BCUT2D eigenvalue weighted by Gasteiger charge is 1.97. The van der Waals surface area contributed by atoms with Crippen molar-refractivity contribution in [2.24, 2.45) is 10.9 Å². The normalized spacial score (nSPS) is 11.8. The van der Waals surface area contributed by atoms with Crippen LogP contribution in [0.1, 0.15) is 0 Å². The van der Waals surface area contributed by atoms with E-state index in [2.05, 4.69) is 9.86 Å². The molecule has 11 heavy (non-hydrogen) atoms. The highest BCUT2D eigenvalue weighted by atomic mass is 32.2. The zero-order chi connectivity index (χ0) is 8.74. The average molecular weight is 183 g/mol. The smallest absolute Gasteiger partial charge is 0.274 e. The van der Waals surface area contributed by atoms with E-state index < -0.39 is 10.2 Å². The summed E-state index contributed by atoms with van der Waals surface area (Å²) in [5.41, 5.74) is 5.11. The highest BCUT2D eigenvalue weighted by Crippen LogP contribution is 1.71. The van der Waals surface area contributed by atoms with E-state index in [1.54, 1.807) is 0 Å². The van der Waals surface area contributed by atoms with Gasteiger partial charge in [0.05, 0.1) is 13.2 Å². The Bertz CT molecular complexity index is 179. The van der Waals surface area contributed by atoms with Crippen LogP contribution < -0.4 is 15.6 Å². The fraction of sp³-hybridized carbons (Fsp3) is 1.00. The van der Waals surface area contributed by atoms with Crippen LogP contribution in [0.15, 0.2) is 0 Å². The molecule has 0 bridgehead atoms. The number of rotatable bonds is 6. The Morgan fingerprint density at radius 2 is 2.00 bits per heavy atom. The Balaban J connectivity index is 3.16. The van der Waals surface area contributed by atoms with Gasteiger partial charge in [-0.1, -0.05) is 0 Å². The summed E-state index contributed by atoms with van der Waals surface area (Å²) >= 11 is 0. The van der Waals surface area contributed by atoms with Gasteiger partial charge in [0.25, 0.3) is 10.2 Å². The summed E-state index contributed by atoms with van der Waals surface area (Å²) in [5.74, 6) is 0. The van der Waals surface area contributed by atoms with Crippen LogP contribution in [-0.2, 0) is 14.9 Å². The zero-order valence-corrected chi connectivity index (χ0v) is 6.93. The van der Waals surface area contributed by atoms with E-state index in [1.807, 2.05) is 0 Å². The lowest BCUT2D eigenvalue weighted by atomic mass is 10.7. The standard InChI is InChI=1S/C4H13N3O3S/c5-1-3-10-4-2-7-11(6,8)9/h7H,1-5H2,(H2,6,8,9). The first-order valence-electron chi connectivity index (χ1n) is 3.11. The zero-order valence-electron chi connectivity index (χ0n) is 6.12. The van der Waals surface area contributed by atoms with Crippen molar-refractivity contribution in [2.45, 2.75) is 0 Å². The molecule has 0 aromatic heterocycles. The molecule has 0 radical (unpaired) electrons. The van der Waals surface area contributed by atoms with Crippen molar-refractivity contribution in [2.75, 3.05) is 26.3 Å². The monoisotopic (exact) mass is 183 g/mol. The molecule has 0 rings (SSSR count). The summed E-state index contributed by atoms with van der Waals surface area (Å²) in [5, 5.41) is 4.63. The summed E-state index contributed by atoms with van der Waals surface area (Å²) < 4.78 is 27.4. The molecule has 0 saturated carbocycles. The molecule has 0 atom stereocenters. The van der Waals surface area contributed by atoms with Crippen molar-refractivity contribution in [1.29, 1.82) is 0 Å². The van der Waals surface area contributed by atoms with E-state index in [0.717, 1.165) is 0 Å². The third-order valence-corrected chi connectivity index (χ3v) is 1.42. The van der Waals surface area contributed by atoms with Crippen LogP contribution in [0.3, 0.4) is 0 Å². The van der Waals surface area contributed by atoms with Gasteiger partial charge >= 0.3 is 0 Å². The summed E-state index contributed by atoms with van der Waals surface area (Å²) in [7, 11) is -3.57. The first kappa shape index (κ1) is 10.8. The molecule has 0 fully saturated rings. The van der Waals surface area contributed by atoms with Crippen molar-refractivity contribution in [3.8, 4) is 0 Å². The Kier molecular flexibility index (Phi) is 5.34. The number of nitrogens with one attached hydrogen (secondary N) is 1. The van der Waals surface area contributed by atoms with E-state index in [0.29, 0.717) is 13.2 Å². The first-order valence-corrected chi connectivity index (χ1v) is 4.66. The van der Waals surface area contributed by atoms with E-state index in [1.165, 1.54) is 0 Å². The van der Waals surface area contributed by atoms with Crippen molar-refractivity contribution in [3.05, 3.63) is 0 Å². The summed E-state index contributed by atoms with van der Waals surface area (Å²) in [4.78, 5) is 0. The van der Waals surface area contributed by atoms with E-state index >= 15 is 0 Å². The molecule has 0 aliphatic heterocycles. The number of nitrogens with two attached hydrogens (primary N) is 2. The van der Waals surface area contributed by atoms with Gasteiger partial charge in [-0.3, -0.25) is 0 Å². The second-order valence-electron chi connectivity index (χ2n) is 1.84. The van der Waals surface area contributed by atoms with Crippen molar-refractivity contribution in [3.63, 3.8) is 0 Å². The molecule has 0 aliphatic rings. The van der Waals surface area contributed by atoms with Crippen molar-refractivity contribution >= 4 is 10.2 Å². The summed E-state index contributed by atoms with van der Waals surface area (Å²) in [6, 6.07) is 0. The van der Waals surface area contributed by atoms with Crippen molar-refractivity contribution in [1.82, 2.24) is 4.72 Å². The van der Waals surface area contributed by atoms with Crippen LogP contribution in [0, 0.1) is 0 Å². The van der Waals surface area contributed by atoms with Gasteiger partial charge in [0.2, 0.25) is 0 Å². The topological polar surface area (TPSA) is 107 Å². The van der Waals surface area contributed by atoms with Crippen LogP contribution in [-0.4, -0.2) is 34.7 Å². The van der Waals surface area contributed by atoms with Gasteiger partial charge in [-0.25, -0.2) is 9.86 Å². The minimum absolute atomic E-state index is 0.179. The molecule has 0 aromatic rings. The van der Waals surface area contributed by atoms with Gasteiger partial charge in [0, 0.05) is 13.1 Å². The van der Waals surface area contributed by atoms with Gasteiger partial charge in [-0.15, -0.1) is 0 Å². The minimum atomic E-state index is -3.57. The molecular formula is C4H13N3O3S. The summed E-state index contributed by atoms with van der Waals surface area (Å²) in [6.07, 6.45) is 0. The highest BCUT2D eigenvalue weighted by molar-refractivity contribution is 7.87. The quantitative estimate of drug-likeness (QED) is 0.404. The van der Waals surface area contributed by atoms with Gasteiger partial charge in [0.15, 0.2) is 0 Å². The third kappa shape index (κ3) is 9.79. The minimum Gasteiger partial charge on any atom is -0.379 e. The number of hydrogen-bond donors (Lipinski definition) is 3. The van der Waals surface area contributed by atoms with E-state index in [4.69, 9.17) is 10.5 Å². The lowest BCUT2D eigenvalue weighted by Crippen LogP contribution is -2.33. The maximum absolute atomic E-state index is 10.3. The van der Waals surface area contributed by atoms with Crippen LogP contribution in [0.4, 0.5) is 0 Å². The molecule has 0 aliphatic carbocycles. The van der Waals surface area contributed by atoms with Gasteiger partial charge in [-0.05, 0) is 0 Å². The molecule has 6 nitrogen and oxygen atoms in total. The van der Waals surface area contributed by atoms with Gasteiger partial charge in [-0.2, -0.15) is 8.42 Å². The molecule has 0 unspecified atom stereocenters. The molecule has 0 aromatic carbocycles. The molecule has 68 valence electrons. The maximum Gasteiger partial charge on any atom is 0.274 e. The predicted molar refractivity (Wildman–Crippen MR) is 41.0 cm³/mol. The van der Waals surface area contributed by atoms with Crippen molar-refractivity contribution < 1.29 is 13.2 Å². The molecule has 0 saturated heterocycles. The van der Waals surface area contributed by atoms with E-state index in [9.17, 15) is 8.42 Å². The van der Waals surface area contributed by atoms with E-state index in [-0.39, 0.29) is 13.2 Å². The van der Waals surface area contributed by atoms with Crippen LogP contribution in [0.5, 0.6) is 0 Å². The SMILES string of the molecule is NCCOCCNS(N)(=O)=O. The number of hydrogen-bond acceptors (Lipinski definition) is 4. The second-order valence-corrected chi connectivity index (χ2v) is 3.22. The van der Waals surface area contributed by atoms with Crippen LogP contribution in [0.25, 0.3) is 0 Å². The van der Waals surface area contributed by atoms with Crippen LogP contribution in [0.2, 0.25) is 0 Å². The first-order chi connectivity index (χ1) is 5.06. The van der Waals surface area contributed by atoms with Crippen LogP contribution >= 0.6 is 0 Å². The van der Waals surface area contributed by atoms with Gasteiger partial charge in [0.1, 0.15) is 0 Å². The van der Waals surface area contributed by atoms with Gasteiger partial charge < -0.3 is 10.5 Å². The Morgan fingerprint density at radius 1 is 1.36 bits per heavy atom. The molecule has 0 amide bonds. The Labute approximate surface area is 66.1 Å².